The van der Waals surface area contributed by atoms with Gasteiger partial charge in [-0.2, -0.15) is 0 Å². The molecule has 0 bridgehead atoms. The second-order valence-corrected chi connectivity index (χ2v) is 2.55. The number of nitrogens with two attached hydrogens (primary N) is 1. The summed E-state index contributed by atoms with van der Waals surface area (Å²) in [6.45, 7) is 0.897. The molecule has 1 rings (SSSR count). The molecule has 1 aliphatic rings. The van der Waals surface area contributed by atoms with E-state index in [0.717, 1.165) is 25.4 Å². The third-order valence-electron chi connectivity index (χ3n) is 1.67. The summed E-state index contributed by atoms with van der Waals surface area (Å²) in [6.07, 6.45) is 2.32. The predicted octanol–water partition coefficient (Wildman–Crippen LogP) is 0.792. The average Bonchev–Trinajstić information content (AvgIpc) is 1.64. The van der Waals surface area contributed by atoms with Crippen molar-refractivity contribution in [2.24, 2.45) is 11.7 Å². The van der Waals surface area contributed by atoms with E-state index in [2.05, 4.69) is 0 Å². The SMILES string of the molecule is COCC1CC(N)C1.Cl. The van der Waals surface area contributed by atoms with Crippen LogP contribution in [0.3, 0.4) is 0 Å². The van der Waals surface area contributed by atoms with Gasteiger partial charge in [-0.1, -0.05) is 0 Å². The summed E-state index contributed by atoms with van der Waals surface area (Å²) in [6, 6.07) is 0.468. The summed E-state index contributed by atoms with van der Waals surface area (Å²) in [5.41, 5.74) is 5.54. The summed E-state index contributed by atoms with van der Waals surface area (Å²) in [4.78, 5) is 0. The molecule has 0 saturated heterocycles. The summed E-state index contributed by atoms with van der Waals surface area (Å²) in [5.74, 6) is 0.759. The first-order valence-electron chi connectivity index (χ1n) is 3.07. The molecule has 0 aromatic carbocycles. The van der Waals surface area contributed by atoms with Crippen LogP contribution in [0.2, 0.25) is 0 Å². The summed E-state index contributed by atoms with van der Waals surface area (Å²) in [5, 5.41) is 0. The van der Waals surface area contributed by atoms with E-state index in [1.165, 1.54) is 0 Å². The minimum atomic E-state index is 0. The summed E-state index contributed by atoms with van der Waals surface area (Å²) >= 11 is 0. The number of rotatable bonds is 2. The average molecular weight is 152 g/mol. The molecule has 0 aromatic heterocycles. The Labute approximate surface area is 62.2 Å². The lowest BCUT2D eigenvalue weighted by Gasteiger charge is -2.31. The molecular formula is C6H14ClNO. The van der Waals surface area contributed by atoms with Crippen LogP contribution in [0, 0.1) is 5.92 Å². The Balaban J connectivity index is 0.000000640. The highest BCUT2D eigenvalue weighted by Crippen LogP contribution is 2.24. The quantitative estimate of drug-likeness (QED) is 0.634. The Bertz CT molecular complexity index is 70.7. The van der Waals surface area contributed by atoms with Crippen LogP contribution in [-0.4, -0.2) is 19.8 Å². The van der Waals surface area contributed by atoms with E-state index in [1.807, 2.05) is 0 Å². The van der Waals surface area contributed by atoms with Gasteiger partial charge in [0.1, 0.15) is 0 Å². The van der Waals surface area contributed by atoms with E-state index >= 15 is 0 Å². The molecule has 2 N–H and O–H groups in total. The van der Waals surface area contributed by atoms with Crippen molar-refractivity contribution < 1.29 is 4.74 Å². The van der Waals surface area contributed by atoms with Crippen LogP contribution in [0.25, 0.3) is 0 Å². The van der Waals surface area contributed by atoms with Crippen molar-refractivity contribution in [2.45, 2.75) is 18.9 Å². The fourth-order valence-electron chi connectivity index (χ4n) is 1.16. The second-order valence-electron chi connectivity index (χ2n) is 2.55. The fraction of sp³-hybridized carbons (Fsp3) is 1.00. The molecule has 1 fully saturated rings. The molecule has 1 saturated carbocycles. The standard InChI is InChI=1S/C6H13NO.ClH/c1-8-4-5-2-6(7)3-5;/h5-6H,2-4,7H2,1H3;1H. The molecule has 0 spiro atoms. The highest BCUT2D eigenvalue weighted by molar-refractivity contribution is 5.85. The molecule has 0 aliphatic heterocycles. The zero-order valence-corrected chi connectivity index (χ0v) is 6.49. The van der Waals surface area contributed by atoms with Gasteiger partial charge in [0.05, 0.1) is 0 Å². The highest BCUT2D eigenvalue weighted by atomic mass is 35.5. The van der Waals surface area contributed by atoms with E-state index in [4.69, 9.17) is 10.5 Å². The van der Waals surface area contributed by atoms with Gasteiger partial charge in [0, 0.05) is 19.8 Å². The van der Waals surface area contributed by atoms with Gasteiger partial charge in [0.2, 0.25) is 0 Å². The van der Waals surface area contributed by atoms with Crippen molar-refractivity contribution in [2.75, 3.05) is 13.7 Å². The van der Waals surface area contributed by atoms with Gasteiger partial charge in [0.25, 0.3) is 0 Å². The molecule has 9 heavy (non-hydrogen) atoms. The van der Waals surface area contributed by atoms with Crippen LogP contribution in [0.4, 0.5) is 0 Å². The molecule has 2 nitrogen and oxygen atoms in total. The highest BCUT2D eigenvalue weighted by Gasteiger charge is 2.24. The first kappa shape index (κ1) is 9.21. The minimum absolute atomic E-state index is 0. The number of hydrogen-bond acceptors (Lipinski definition) is 2. The van der Waals surface area contributed by atoms with Crippen LogP contribution in [0.15, 0.2) is 0 Å². The van der Waals surface area contributed by atoms with Crippen LogP contribution in [0.1, 0.15) is 12.8 Å². The largest absolute Gasteiger partial charge is 0.384 e. The van der Waals surface area contributed by atoms with Crippen molar-refractivity contribution in [1.82, 2.24) is 0 Å². The van der Waals surface area contributed by atoms with Gasteiger partial charge in [-0.05, 0) is 18.8 Å². The van der Waals surface area contributed by atoms with Gasteiger partial charge >= 0.3 is 0 Å². The number of methoxy groups -OCH3 is 1. The maximum atomic E-state index is 5.54. The number of hydrogen-bond donors (Lipinski definition) is 1. The van der Waals surface area contributed by atoms with Crippen LogP contribution in [-0.2, 0) is 4.74 Å². The van der Waals surface area contributed by atoms with E-state index in [-0.39, 0.29) is 12.4 Å². The topological polar surface area (TPSA) is 35.2 Å². The molecular weight excluding hydrogens is 138 g/mol. The summed E-state index contributed by atoms with van der Waals surface area (Å²) in [7, 11) is 1.74. The molecule has 3 heteroatoms. The van der Waals surface area contributed by atoms with E-state index in [9.17, 15) is 0 Å². The smallest absolute Gasteiger partial charge is 0.0491 e. The van der Waals surface area contributed by atoms with Crippen LogP contribution < -0.4 is 5.73 Å². The Morgan fingerprint density at radius 1 is 1.56 bits per heavy atom. The number of ether oxygens (including phenoxy) is 1. The number of halogens is 1. The molecule has 0 amide bonds. The second kappa shape index (κ2) is 4.09. The molecule has 1 aliphatic carbocycles. The lowest BCUT2D eigenvalue weighted by molar-refractivity contribution is 0.0994. The Kier molecular flexibility index (Phi) is 4.19. The van der Waals surface area contributed by atoms with E-state index in [1.54, 1.807) is 7.11 Å². The molecule has 0 heterocycles. The Morgan fingerprint density at radius 3 is 2.44 bits per heavy atom. The first-order chi connectivity index (χ1) is 3.83. The van der Waals surface area contributed by atoms with Gasteiger partial charge < -0.3 is 10.5 Å². The van der Waals surface area contributed by atoms with Crippen molar-refractivity contribution in [3.8, 4) is 0 Å². The predicted molar refractivity (Wildman–Crippen MR) is 39.8 cm³/mol. The van der Waals surface area contributed by atoms with Gasteiger partial charge in [-0.15, -0.1) is 12.4 Å². The monoisotopic (exact) mass is 151 g/mol. The van der Waals surface area contributed by atoms with Crippen LogP contribution >= 0.6 is 12.4 Å². The van der Waals surface area contributed by atoms with Crippen molar-refractivity contribution in [1.29, 1.82) is 0 Å². The lowest BCUT2D eigenvalue weighted by Crippen LogP contribution is -2.38. The Morgan fingerprint density at radius 2 is 2.11 bits per heavy atom. The zero-order chi connectivity index (χ0) is 5.98. The normalized spacial score (nSPS) is 32.7. The van der Waals surface area contributed by atoms with Crippen molar-refractivity contribution in [3.63, 3.8) is 0 Å². The molecule has 56 valence electrons. The summed E-state index contributed by atoms with van der Waals surface area (Å²) < 4.78 is 4.94. The lowest BCUT2D eigenvalue weighted by atomic mass is 9.82. The van der Waals surface area contributed by atoms with Gasteiger partial charge in [0.15, 0.2) is 0 Å². The third kappa shape index (κ3) is 2.52. The fourth-order valence-corrected chi connectivity index (χ4v) is 1.16. The molecule has 0 atom stereocenters. The van der Waals surface area contributed by atoms with Gasteiger partial charge in [-0.25, -0.2) is 0 Å². The maximum Gasteiger partial charge on any atom is 0.0491 e. The van der Waals surface area contributed by atoms with Crippen LogP contribution in [0.5, 0.6) is 0 Å². The molecule has 0 unspecified atom stereocenters. The third-order valence-corrected chi connectivity index (χ3v) is 1.67. The minimum Gasteiger partial charge on any atom is -0.384 e. The molecule has 0 radical (unpaired) electrons. The molecule has 0 aromatic rings. The van der Waals surface area contributed by atoms with Crippen molar-refractivity contribution in [3.05, 3.63) is 0 Å². The van der Waals surface area contributed by atoms with E-state index in [0.29, 0.717) is 6.04 Å². The van der Waals surface area contributed by atoms with E-state index < -0.39 is 0 Å². The van der Waals surface area contributed by atoms with Gasteiger partial charge in [-0.3, -0.25) is 0 Å². The zero-order valence-electron chi connectivity index (χ0n) is 5.67. The van der Waals surface area contributed by atoms with Crippen molar-refractivity contribution >= 4 is 12.4 Å². The first-order valence-corrected chi connectivity index (χ1v) is 3.07. The maximum absolute atomic E-state index is 5.54. The Hall–Kier alpha value is 0.210.